The second-order valence-corrected chi connectivity index (χ2v) is 12.2. The molecule has 0 saturated heterocycles. The summed E-state index contributed by atoms with van der Waals surface area (Å²) in [7, 11) is 0. The molecule has 0 bridgehead atoms. The van der Waals surface area contributed by atoms with E-state index in [4.69, 9.17) is 33.0 Å². The summed E-state index contributed by atoms with van der Waals surface area (Å²) in [4.78, 5) is 24.4. The summed E-state index contributed by atoms with van der Waals surface area (Å²) in [6.45, 7) is 9.61. The lowest BCUT2D eigenvalue weighted by Gasteiger charge is -2.20. The minimum absolute atomic E-state index is 0.0351. The van der Waals surface area contributed by atoms with Crippen molar-refractivity contribution in [1.82, 2.24) is 25.5 Å². The van der Waals surface area contributed by atoms with Crippen LogP contribution in [0.4, 0.5) is 5.69 Å². The van der Waals surface area contributed by atoms with Crippen LogP contribution in [0.15, 0.2) is 41.6 Å². The van der Waals surface area contributed by atoms with E-state index < -0.39 is 5.60 Å². The molecule has 1 aromatic heterocycles. The Bertz CT molecular complexity index is 1460. The van der Waals surface area contributed by atoms with Crippen LogP contribution in [0.3, 0.4) is 0 Å². The topological polar surface area (TPSA) is 131 Å². The Hall–Kier alpha value is -3.14. The maximum atomic E-state index is 12.7. The van der Waals surface area contributed by atoms with E-state index in [1.165, 1.54) is 4.68 Å². The Kier molecular flexibility index (Phi) is 11.2. The number of anilines is 1. The Labute approximate surface area is 253 Å². The zero-order valence-electron chi connectivity index (χ0n) is 23.4. The number of tetrazole rings is 1. The summed E-state index contributed by atoms with van der Waals surface area (Å²) in [5.41, 5.74) is 1.78. The average Bonchev–Trinajstić information content (AvgIpc) is 3.37. The summed E-state index contributed by atoms with van der Waals surface area (Å²) in [6.07, 6.45) is 0. The van der Waals surface area contributed by atoms with Gasteiger partial charge in [-0.1, -0.05) is 73.6 Å². The van der Waals surface area contributed by atoms with Crippen molar-refractivity contribution in [3.63, 3.8) is 0 Å². The number of thioether (sulfide) groups is 1. The molecule has 2 aromatic carbocycles. The van der Waals surface area contributed by atoms with Crippen molar-refractivity contribution >= 4 is 52.5 Å². The largest absolute Gasteiger partial charge is 0.395 e. The number of nitrogens with zero attached hydrogens (tertiary/aromatic N) is 4. The van der Waals surface area contributed by atoms with Crippen molar-refractivity contribution in [2.75, 3.05) is 30.8 Å². The number of carbonyl (C=O) groups is 2. The van der Waals surface area contributed by atoms with E-state index in [2.05, 4.69) is 58.8 Å². The van der Waals surface area contributed by atoms with Crippen molar-refractivity contribution in [3.8, 4) is 17.5 Å². The maximum absolute atomic E-state index is 12.7. The van der Waals surface area contributed by atoms with Crippen molar-refractivity contribution in [1.29, 1.82) is 0 Å². The zero-order valence-corrected chi connectivity index (χ0v) is 25.7. The molecule has 3 N–H and O–H groups in total. The molecule has 0 fully saturated rings. The van der Waals surface area contributed by atoms with E-state index in [9.17, 15) is 9.59 Å². The van der Waals surface area contributed by atoms with E-state index in [0.717, 1.165) is 17.3 Å². The van der Waals surface area contributed by atoms with Crippen molar-refractivity contribution in [2.45, 2.75) is 50.8 Å². The smallest absolute Gasteiger partial charge is 0.246 e. The fourth-order valence-electron chi connectivity index (χ4n) is 3.33. The van der Waals surface area contributed by atoms with Crippen LogP contribution in [0.2, 0.25) is 10.0 Å². The number of nitrogens with one attached hydrogen (secondary N) is 2. The van der Waals surface area contributed by atoms with Crippen LogP contribution in [0.25, 0.3) is 5.69 Å². The second-order valence-electron chi connectivity index (χ2n) is 10.4. The monoisotopic (exact) mass is 618 g/mol. The minimum atomic E-state index is -0.901. The van der Waals surface area contributed by atoms with Crippen LogP contribution >= 0.6 is 35.0 Å². The van der Waals surface area contributed by atoms with Crippen LogP contribution in [0, 0.1) is 11.8 Å². The first kappa shape index (κ1) is 32.4. The van der Waals surface area contributed by atoms with Gasteiger partial charge in [0.05, 0.1) is 33.8 Å². The molecule has 10 nitrogen and oxygen atoms in total. The molecule has 1 heterocycles. The molecule has 0 spiro atoms. The number of halogens is 2. The van der Waals surface area contributed by atoms with Crippen LogP contribution in [-0.2, 0) is 19.7 Å². The van der Waals surface area contributed by atoms with Crippen LogP contribution in [-0.4, -0.2) is 68.2 Å². The van der Waals surface area contributed by atoms with Gasteiger partial charge < -0.3 is 20.5 Å². The zero-order chi connectivity index (χ0) is 30.2. The van der Waals surface area contributed by atoms with Crippen molar-refractivity contribution < 1.29 is 19.4 Å². The summed E-state index contributed by atoms with van der Waals surface area (Å²) in [5, 5.41) is 27.1. The molecule has 0 aliphatic heterocycles. The van der Waals surface area contributed by atoms with Gasteiger partial charge in [-0.05, 0) is 65.6 Å². The predicted molar refractivity (Wildman–Crippen MR) is 161 cm³/mol. The van der Waals surface area contributed by atoms with Crippen LogP contribution in [0.1, 0.15) is 45.7 Å². The van der Waals surface area contributed by atoms with E-state index in [1.54, 1.807) is 32.0 Å². The average molecular weight is 620 g/mol. The molecule has 2 amide bonds. The van der Waals surface area contributed by atoms with Gasteiger partial charge >= 0.3 is 0 Å². The van der Waals surface area contributed by atoms with E-state index in [0.29, 0.717) is 32.1 Å². The lowest BCUT2D eigenvalue weighted by atomic mass is 9.87. The standard InChI is InChI=1S/C28H32Cl2N6O4S/c1-27(2,3)19-7-9-23(21(30)15-19)36-26(33-34-35-36)41-17-25(39)32-22-8-6-18(14-20(22)29)10-11-28(4,5)40-16-24(38)31-12-13-37/h6-9,14-15,37H,12-13,16-17H2,1-5H3,(H,31,38)(H,32,39). The molecule has 41 heavy (non-hydrogen) atoms. The van der Waals surface area contributed by atoms with Gasteiger partial charge in [0.2, 0.25) is 17.0 Å². The summed E-state index contributed by atoms with van der Waals surface area (Å²) >= 11 is 14.1. The number of hydrogen-bond donors (Lipinski definition) is 3. The van der Waals surface area contributed by atoms with E-state index >= 15 is 0 Å². The molecule has 218 valence electrons. The SMILES string of the molecule is CC(C)(C#Cc1ccc(NC(=O)CSc2nnnn2-c2ccc(C(C)(C)C)cc2Cl)c(Cl)c1)OCC(=O)NCCO. The molecule has 0 unspecified atom stereocenters. The Morgan fingerprint density at radius 2 is 1.83 bits per heavy atom. The van der Waals surface area contributed by atoms with Gasteiger partial charge in [-0.15, -0.1) is 5.10 Å². The number of aliphatic hydroxyl groups is 1. The van der Waals surface area contributed by atoms with Crippen molar-refractivity contribution in [3.05, 3.63) is 57.6 Å². The number of carbonyl (C=O) groups excluding carboxylic acids is 2. The van der Waals surface area contributed by atoms with E-state index in [-0.39, 0.29) is 42.7 Å². The maximum Gasteiger partial charge on any atom is 0.246 e. The number of hydrogen-bond acceptors (Lipinski definition) is 8. The number of aromatic nitrogens is 4. The number of ether oxygens (including phenoxy) is 1. The highest BCUT2D eigenvalue weighted by Crippen LogP contribution is 2.30. The molecule has 0 radical (unpaired) electrons. The lowest BCUT2D eigenvalue weighted by molar-refractivity contribution is -0.129. The number of aliphatic hydroxyl groups excluding tert-OH is 1. The fourth-order valence-corrected chi connectivity index (χ4v) is 4.50. The molecule has 3 aromatic rings. The molecular weight excluding hydrogens is 587 g/mol. The molecule has 0 atom stereocenters. The third kappa shape index (κ3) is 9.73. The van der Waals surface area contributed by atoms with Crippen LogP contribution < -0.4 is 10.6 Å². The van der Waals surface area contributed by atoms with Gasteiger partial charge in [0.25, 0.3) is 0 Å². The minimum Gasteiger partial charge on any atom is -0.395 e. The highest BCUT2D eigenvalue weighted by atomic mass is 35.5. The fraction of sp³-hybridized carbons (Fsp3) is 0.393. The summed E-state index contributed by atoms with van der Waals surface area (Å²) in [5.74, 6) is 5.33. The molecule has 0 saturated carbocycles. The lowest BCUT2D eigenvalue weighted by Crippen LogP contribution is -2.34. The van der Waals surface area contributed by atoms with Gasteiger partial charge in [-0.25, -0.2) is 0 Å². The quantitative estimate of drug-likeness (QED) is 0.227. The summed E-state index contributed by atoms with van der Waals surface area (Å²) in [6, 6.07) is 10.7. The molecule has 0 aliphatic rings. The van der Waals surface area contributed by atoms with Gasteiger partial charge in [0.1, 0.15) is 12.2 Å². The first-order valence-electron chi connectivity index (χ1n) is 12.6. The Morgan fingerprint density at radius 3 is 2.49 bits per heavy atom. The second kappa shape index (κ2) is 14.2. The number of amides is 2. The van der Waals surface area contributed by atoms with Crippen LogP contribution in [0.5, 0.6) is 0 Å². The normalized spacial score (nSPS) is 11.5. The first-order valence-corrected chi connectivity index (χ1v) is 14.4. The number of benzene rings is 2. The molecule has 13 heteroatoms. The molecule has 0 aliphatic carbocycles. The van der Waals surface area contributed by atoms with Gasteiger partial charge in [0, 0.05) is 12.1 Å². The summed E-state index contributed by atoms with van der Waals surface area (Å²) < 4.78 is 7.05. The van der Waals surface area contributed by atoms with Crippen molar-refractivity contribution in [2.24, 2.45) is 0 Å². The van der Waals surface area contributed by atoms with Gasteiger partial charge in [-0.3, -0.25) is 9.59 Å². The first-order chi connectivity index (χ1) is 19.3. The highest BCUT2D eigenvalue weighted by molar-refractivity contribution is 7.99. The third-order valence-corrected chi connectivity index (χ3v) is 7.10. The van der Waals surface area contributed by atoms with Gasteiger partial charge in [0.15, 0.2) is 0 Å². The number of rotatable bonds is 10. The predicted octanol–water partition coefficient (Wildman–Crippen LogP) is 4.25. The Morgan fingerprint density at radius 1 is 1.07 bits per heavy atom. The molecule has 3 rings (SSSR count). The highest BCUT2D eigenvalue weighted by Gasteiger charge is 2.19. The molecular formula is C28H32Cl2N6O4S. The van der Waals surface area contributed by atoms with Gasteiger partial charge in [-0.2, -0.15) is 4.68 Å². The van der Waals surface area contributed by atoms with E-state index in [1.807, 2.05) is 18.2 Å². The Balaban J connectivity index is 1.59. The third-order valence-electron chi connectivity index (χ3n) is 5.56.